The smallest absolute Gasteiger partial charge is 0.120 e. The minimum atomic E-state index is 0.159. The molecule has 0 spiro atoms. The largest absolute Gasteiger partial charge is 0.508 e. The Morgan fingerprint density at radius 2 is 1.89 bits per heavy atom. The topological polar surface area (TPSA) is 28.4 Å². The molecule has 1 N–H and O–H groups in total. The van der Waals surface area contributed by atoms with E-state index in [0.29, 0.717) is 17.3 Å². The van der Waals surface area contributed by atoms with Crippen molar-refractivity contribution in [3.8, 4) is 5.75 Å². The first-order valence-corrected chi connectivity index (χ1v) is 9.99. The molecule has 2 heterocycles. The van der Waals surface area contributed by atoms with Gasteiger partial charge in [-0.15, -0.1) is 0 Å². The average Bonchev–Trinajstić information content (AvgIpc) is 3.06. The molecule has 4 heteroatoms. The van der Waals surface area contributed by atoms with Gasteiger partial charge in [0.1, 0.15) is 5.75 Å². The van der Waals surface area contributed by atoms with Crippen molar-refractivity contribution < 1.29 is 5.11 Å². The van der Waals surface area contributed by atoms with Gasteiger partial charge in [0, 0.05) is 42.1 Å². The molecule has 0 unspecified atom stereocenters. The summed E-state index contributed by atoms with van der Waals surface area (Å²) in [6.07, 6.45) is 4.29. The van der Waals surface area contributed by atoms with Gasteiger partial charge in [0.05, 0.1) is 6.04 Å². The first kappa shape index (κ1) is 18.1. The fourth-order valence-electron chi connectivity index (χ4n) is 4.03. The van der Waals surface area contributed by atoms with Crippen molar-refractivity contribution in [3.63, 3.8) is 0 Å². The van der Waals surface area contributed by atoms with Crippen LogP contribution in [-0.4, -0.2) is 21.1 Å². The summed E-state index contributed by atoms with van der Waals surface area (Å²) in [5, 5.41) is 11.0. The van der Waals surface area contributed by atoms with Crippen LogP contribution in [0.5, 0.6) is 5.75 Å². The molecule has 140 valence electrons. The van der Waals surface area contributed by atoms with E-state index < -0.39 is 0 Å². The number of aromatic nitrogens is 1. The standard InChI is InChI=1S/C23H25ClN2O/c1-2-17-6-8-18(9-7-17)23-21-5-3-12-25(21)13-4-14-26(23)16-19-15-20(24)10-11-22(19)27/h3,5-12,15,23,27H,2,4,13-14,16H2,1H3/t23-/m1/s1. The molecule has 0 fully saturated rings. The zero-order valence-corrected chi connectivity index (χ0v) is 16.4. The van der Waals surface area contributed by atoms with Gasteiger partial charge in [-0.2, -0.15) is 0 Å². The van der Waals surface area contributed by atoms with E-state index in [0.717, 1.165) is 31.5 Å². The molecule has 4 rings (SSSR count). The third-order valence-electron chi connectivity index (χ3n) is 5.47. The van der Waals surface area contributed by atoms with Crippen molar-refractivity contribution in [1.29, 1.82) is 0 Å². The van der Waals surface area contributed by atoms with E-state index in [-0.39, 0.29) is 6.04 Å². The predicted octanol–water partition coefficient (Wildman–Crippen LogP) is 5.40. The monoisotopic (exact) mass is 380 g/mol. The highest BCUT2D eigenvalue weighted by Crippen LogP contribution is 2.34. The van der Waals surface area contributed by atoms with Crippen LogP contribution in [0.2, 0.25) is 5.02 Å². The lowest BCUT2D eigenvalue weighted by Gasteiger charge is -2.31. The average molecular weight is 381 g/mol. The Labute approximate surface area is 165 Å². The second-order valence-corrected chi connectivity index (χ2v) is 7.66. The summed E-state index contributed by atoms with van der Waals surface area (Å²) in [6, 6.07) is 18.7. The van der Waals surface area contributed by atoms with E-state index in [1.54, 1.807) is 12.1 Å². The summed E-state index contributed by atoms with van der Waals surface area (Å²) >= 11 is 6.18. The number of rotatable bonds is 4. The Morgan fingerprint density at radius 3 is 2.67 bits per heavy atom. The molecule has 0 amide bonds. The van der Waals surface area contributed by atoms with E-state index in [4.69, 9.17) is 11.6 Å². The molecule has 27 heavy (non-hydrogen) atoms. The first-order valence-electron chi connectivity index (χ1n) is 9.61. The maximum Gasteiger partial charge on any atom is 0.120 e. The number of fused-ring (bicyclic) bond motifs is 1. The summed E-state index contributed by atoms with van der Waals surface area (Å²) in [5.41, 5.74) is 4.81. The summed E-state index contributed by atoms with van der Waals surface area (Å²) in [7, 11) is 0. The summed E-state index contributed by atoms with van der Waals surface area (Å²) in [4.78, 5) is 2.45. The van der Waals surface area contributed by atoms with Gasteiger partial charge in [0.15, 0.2) is 0 Å². The van der Waals surface area contributed by atoms with Crippen molar-refractivity contribution in [3.05, 3.63) is 88.2 Å². The third-order valence-corrected chi connectivity index (χ3v) is 5.71. The van der Waals surface area contributed by atoms with Gasteiger partial charge in [-0.25, -0.2) is 0 Å². The second kappa shape index (κ2) is 7.79. The number of hydrogen-bond donors (Lipinski definition) is 1. The lowest BCUT2D eigenvalue weighted by Crippen LogP contribution is -2.29. The van der Waals surface area contributed by atoms with Crippen LogP contribution in [0.1, 0.15) is 41.8 Å². The normalized spacial score (nSPS) is 17.5. The van der Waals surface area contributed by atoms with E-state index in [1.807, 2.05) is 6.07 Å². The molecule has 1 aromatic heterocycles. The van der Waals surface area contributed by atoms with Crippen molar-refractivity contribution in [1.82, 2.24) is 9.47 Å². The second-order valence-electron chi connectivity index (χ2n) is 7.22. The Morgan fingerprint density at radius 1 is 1.07 bits per heavy atom. The third kappa shape index (κ3) is 3.76. The minimum Gasteiger partial charge on any atom is -0.508 e. The first-order chi connectivity index (χ1) is 13.2. The van der Waals surface area contributed by atoms with Gasteiger partial charge in [-0.05, 0) is 54.3 Å². The number of nitrogens with zero attached hydrogens (tertiary/aromatic N) is 2. The molecule has 1 aliphatic rings. The Hall–Kier alpha value is -2.23. The molecule has 0 saturated carbocycles. The minimum absolute atomic E-state index is 0.159. The maximum absolute atomic E-state index is 10.3. The molecule has 0 aliphatic carbocycles. The number of aromatic hydroxyl groups is 1. The zero-order valence-electron chi connectivity index (χ0n) is 15.6. The van der Waals surface area contributed by atoms with E-state index in [9.17, 15) is 5.11 Å². The number of hydrogen-bond acceptors (Lipinski definition) is 2. The predicted molar refractivity (Wildman–Crippen MR) is 110 cm³/mol. The van der Waals surface area contributed by atoms with Gasteiger partial charge in [-0.1, -0.05) is 42.8 Å². The molecule has 3 aromatic rings. The number of halogens is 1. The fourth-order valence-corrected chi connectivity index (χ4v) is 4.22. The number of aryl methyl sites for hydroxylation is 2. The molecule has 0 bridgehead atoms. The van der Waals surface area contributed by atoms with E-state index in [1.165, 1.54) is 16.8 Å². The van der Waals surface area contributed by atoms with Gasteiger partial charge < -0.3 is 9.67 Å². The van der Waals surface area contributed by atoms with Crippen LogP contribution >= 0.6 is 11.6 Å². The van der Waals surface area contributed by atoms with E-state index in [2.05, 4.69) is 59.0 Å². The highest BCUT2D eigenvalue weighted by molar-refractivity contribution is 6.30. The molecular formula is C23H25ClN2O. The van der Waals surface area contributed by atoms with Crippen LogP contribution in [-0.2, 0) is 19.5 Å². The summed E-state index contributed by atoms with van der Waals surface area (Å²) in [5.74, 6) is 0.305. The Bertz CT molecular complexity index is 916. The Balaban J connectivity index is 1.74. The van der Waals surface area contributed by atoms with Crippen LogP contribution in [0.4, 0.5) is 0 Å². The van der Waals surface area contributed by atoms with E-state index >= 15 is 0 Å². The van der Waals surface area contributed by atoms with Crippen molar-refractivity contribution in [2.45, 2.75) is 38.9 Å². The lowest BCUT2D eigenvalue weighted by atomic mass is 9.99. The maximum atomic E-state index is 10.3. The van der Waals surface area contributed by atoms with Crippen molar-refractivity contribution >= 4 is 11.6 Å². The molecule has 0 saturated heterocycles. The summed E-state index contributed by atoms with van der Waals surface area (Å²) < 4.78 is 2.36. The van der Waals surface area contributed by atoms with Crippen molar-refractivity contribution in [2.75, 3.05) is 6.54 Å². The van der Waals surface area contributed by atoms with Crippen molar-refractivity contribution in [2.24, 2.45) is 0 Å². The quantitative estimate of drug-likeness (QED) is 0.656. The molecule has 3 nitrogen and oxygen atoms in total. The molecular weight excluding hydrogens is 356 g/mol. The fraction of sp³-hybridized carbons (Fsp3) is 0.304. The van der Waals surface area contributed by atoms with Gasteiger partial charge in [0.2, 0.25) is 0 Å². The van der Waals surface area contributed by atoms with Crippen LogP contribution in [0.3, 0.4) is 0 Å². The van der Waals surface area contributed by atoms with Gasteiger partial charge >= 0.3 is 0 Å². The number of phenols is 1. The molecule has 0 radical (unpaired) electrons. The Kier molecular flexibility index (Phi) is 5.24. The van der Waals surface area contributed by atoms with Gasteiger partial charge in [-0.3, -0.25) is 4.90 Å². The van der Waals surface area contributed by atoms with Crippen LogP contribution in [0.25, 0.3) is 0 Å². The zero-order chi connectivity index (χ0) is 18.8. The SMILES string of the molecule is CCc1ccc([C@@H]2c3cccn3CCCN2Cc2cc(Cl)ccc2O)cc1. The molecule has 1 aliphatic heterocycles. The molecule has 1 atom stereocenters. The van der Waals surface area contributed by atoms with Crippen LogP contribution < -0.4 is 0 Å². The van der Waals surface area contributed by atoms with Gasteiger partial charge in [0.25, 0.3) is 0 Å². The highest BCUT2D eigenvalue weighted by Gasteiger charge is 2.28. The number of benzene rings is 2. The molecule has 2 aromatic carbocycles. The number of phenolic OH excluding ortho intramolecular Hbond substituents is 1. The highest BCUT2D eigenvalue weighted by atomic mass is 35.5. The lowest BCUT2D eigenvalue weighted by molar-refractivity contribution is 0.218. The van der Waals surface area contributed by atoms with Crippen LogP contribution in [0, 0.1) is 0 Å². The summed E-state index contributed by atoms with van der Waals surface area (Å²) in [6.45, 7) is 4.83. The van der Waals surface area contributed by atoms with Crippen LogP contribution in [0.15, 0.2) is 60.8 Å².